The molecule has 27 heavy (non-hydrogen) atoms. The molecule has 0 saturated carbocycles. The molecule has 3 aromatic rings. The third-order valence-electron chi connectivity index (χ3n) is 4.08. The van der Waals surface area contributed by atoms with Gasteiger partial charge in [0.1, 0.15) is 17.4 Å². The number of anilines is 1. The second-order valence-corrected chi connectivity index (χ2v) is 6.01. The number of hydrogen-bond donors (Lipinski definition) is 0. The maximum absolute atomic E-state index is 14.5. The first-order valence-electron chi connectivity index (χ1n) is 8.31. The van der Waals surface area contributed by atoms with Crippen LogP contribution in [0.15, 0.2) is 60.8 Å². The Kier molecular flexibility index (Phi) is 5.45. The van der Waals surface area contributed by atoms with E-state index in [1.54, 1.807) is 36.5 Å². The second-order valence-electron chi connectivity index (χ2n) is 6.01. The molecule has 0 aliphatic rings. The van der Waals surface area contributed by atoms with Gasteiger partial charge in [0.2, 0.25) is 0 Å². The van der Waals surface area contributed by atoms with Crippen molar-refractivity contribution in [2.75, 3.05) is 12.0 Å². The SMILES string of the molecule is COc1ccc(C)cc1C(=O)N(Cc1ccccn1)c1ccc(F)cc1F. The number of halogens is 2. The summed E-state index contributed by atoms with van der Waals surface area (Å²) in [6.45, 7) is 1.87. The predicted molar refractivity (Wildman–Crippen MR) is 98.8 cm³/mol. The highest BCUT2D eigenvalue weighted by Crippen LogP contribution is 2.28. The van der Waals surface area contributed by atoms with Gasteiger partial charge in [-0.15, -0.1) is 0 Å². The fourth-order valence-corrected chi connectivity index (χ4v) is 2.75. The number of methoxy groups -OCH3 is 1. The number of pyridine rings is 1. The minimum atomic E-state index is -0.828. The molecule has 0 radical (unpaired) electrons. The molecule has 0 N–H and O–H groups in total. The van der Waals surface area contributed by atoms with E-state index in [1.807, 2.05) is 13.0 Å². The number of aryl methyl sites for hydroxylation is 1. The number of carbonyl (C=O) groups excluding carboxylic acids is 1. The summed E-state index contributed by atoms with van der Waals surface area (Å²) in [6, 6.07) is 13.5. The lowest BCUT2D eigenvalue weighted by atomic mass is 10.1. The molecule has 0 saturated heterocycles. The van der Waals surface area contributed by atoms with E-state index in [2.05, 4.69) is 4.98 Å². The Hall–Kier alpha value is -3.28. The average Bonchev–Trinajstić information content (AvgIpc) is 2.67. The van der Waals surface area contributed by atoms with Crippen molar-refractivity contribution in [2.45, 2.75) is 13.5 Å². The molecule has 0 aliphatic carbocycles. The molecule has 0 unspecified atom stereocenters. The summed E-state index contributed by atoms with van der Waals surface area (Å²) in [5, 5.41) is 0. The van der Waals surface area contributed by atoms with Crippen molar-refractivity contribution < 1.29 is 18.3 Å². The highest BCUT2D eigenvalue weighted by Gasteiger charge is 2.24. The van der Waals surface area contributed by atoms with E-state index in [1.165, 1.54) is 18.1 Å². The van der Waals surface area contributed by atoms with Gasteiger partial charge in [0, 0.05) is 12.3 Å². The number of aromatic nitrogens is 1. The van der Waals surface area contributed by atoms with Gasteiger partial charge in [0.15, 0.2) is 0 Å². The van der Waals surface area contributed by atoms with Crippen LogP contribution in [0.25, 0.3) is 0 Å². The molecule has 0 aliphatic heterocycles. The first-order valence-corrected chi connectivity index (χ1v) is 8.31. The molecular weight excluding hydrogens is 350 g/mol. The first-order chi connectivity index (χ1) is 13.0. The summed E-state index contributed by atoms with van der Waals surface area (Å²) < 4.78 is 33.1. The van der Waals surface area contributed by atoms with Crippen LogP contribution in [0.2, 0.25) is 0 Å². The van der Waals surface area contributed by atoms with Crippen LogP contribution in [-0.2, 0) is 6.54 Å². The summed E-state index contributed by atoms with van der Waals surface area (Å²) in [5.74, 6) is -1.63. The summed E-state index contributed by atoms with van der Waals surface area (Å²) in [4.78, 5) is 18.7. The lowest BCUT2D eigenvalue weighted by Gasteiger charge is -2.24. The van der Waals surface area contributed by atoms with Gasteiger partial charge in [-0.05, 0) is 43.3 Å². The van der Waals surface area contributed by atoms with Gasteiger partial charge < -0.3 is 4.74 Å². The summed E-state index contributed by atoms with van der Waals surface area (Å²) >= 11 is 0. The quantitative estimate of drug-likeness (QED) is 0.665. The molecule has 3 rings (SSSR count). The first kappa shape index (κ1) is 18.5. The van der Waals surface area contributed by atoms with Crippen molar-refractivity contribution in [2.24, 2.45) is 0 Å². The highest BCUT2D eigenvalue weighted by molar-refractivity contribution is 6.08. The minimum Gasteiger partial charge on any atom is -0.496 e. The molecule has 138 valence electrons. The van der Waals surface area contributed by atoms with Crippen molar-refractivity contribution in [1.82, 2.24) is 4.98 Å². The van der Waals surface area contributed by atoms with Crippen molar-refractivity contribution in [3.63, 3.8) is 0 Å². The van der Waals surface area contributed by atoms with E-state index >= 15 is 0 Å². The van der Waals surface area contributed by atoms with Crippen molar-refractivity contribution in [1.29, 1.82) is 0 Å². The zero-order chi connectivity index (χ0) is 19.4. The van der Waals surface area contributed by atoms with E-state index in [9.17, 15) is 13.6 Å². The van der Waals surface area contributed by atoms with Crippen molar-refractivity contribution in [3.8, 4) is 5.75 Å². The van der Waals surface area contributed by atoms with Crippen LogP contribution >= 0.6 is 0 Å². The lowest BCUT2D eigenvalue weighted by molar-refractivity contribution is 0.0981. The molecule has 1 heterocycles. The fraction of sp³-hybridized carbons (Fsp3) is 0.143. The summed E-state index contributed by atoms with van der Waals surface area (Å²) in [5.41, 5.74) is 1.69. The monoisotopic (exact) mass is 368 g/mol. The third-order valence-corrected chi connectivity index (χ3v) is 4.08. The zero-order valence-electron chi connectivity index (χ0n) is 14.9. The molecule has 1 aromatic heterocycles. The lowest BCUT2D eigenvalue weighted by Crippen LogP contribution is -2.32. The Labute approximate surface area is 156 Å². The Balaban J connectivity index is 2.09. The number of carbonyl (C=O) groups is 1. The van der Waals surface area contributed by atoms with Gasteiger partial charge >= 0.3 is 0 Å². The number of rotatable bonds is 5. The van der Waals surface area contributed by atoms with Crippen LogP contribution in [0.4, 0.5) is 14.5 Å². The van der Waals surface area contributed by atoms with E-state index in [-0.39, 0.29) is 17.8 Å². The van der Waals surface area contributed by atoms with Crippen molar-refractivity contribution >= 4 is 11.6 Å². The van der Waals surface area contributed by atoms with Gasteiger partial charge in [0.05, 0.1) is 30.6 Å². The van der Waals surface area contributed by atoms with Gasteiger partial charge in [-0.1, -0.05) is 17.7 Å². The number of amides is 1. The largest absolute Gasteiger partial charge is 0.496 e. The van der Waals surface area contributed by atoms with Crippen LogP contribution in [0, 0.1) is 18.6 Å². The maximum atomic E-state index is 14.5. The number of nitrogens with zero attached hydrogens (tertiary/aromatic N) is 2. The maximum Gasteiger partial charge on any atom is 0.262 e. The number of benzene rings is 2. The number of hydrogen-bond acceptors (Lipinski definition) is 3. The highest BCUT2D eigenvalue weighted by atomic mass is 19.1. The van der Waals surface area contributed by atoms with Crippen LogP contribution in [0.1, 0.15) is 21.6 Å². The number of ether oxygens (including phenoxy) is 1. The second kappa shape index (κ2) is 7.95. The zero-order valence-corrected chi connectivity index (χ0v) is 14.9. The van der Waals surface area contributed by atoms with E-state index in [0.717, 1.165) is 17.7 Å². The standard InChI is InChI=1S/C21H18F2N2O2/c1-14-6-9-20(27-2)17(11-14)21(26)25(13-16-5-3-4-10-24-16)19-8-7-15(22)12-18(19)23/h3-12H,13H2,1-2H3. The van der Waals surface area contributed by atoms with Crippen molar-refractivity contribution in [3.05, 3.63) is 89.2 Å². The van der Waals surface area contributed by atoms with E-state index in [4.69, 9.17) is 4.74 Å². The smallest absolute Gasteiger partial charge is 0.262 e. The molecule has 0 atom stereocenters. The fourth-order valence-electron chi connectivity index (χ4n) is 2.75. The van der Waals surface area contributed by atoms with Crippen LogP contribution in [0.5, 0.6) is 5.75 Å². The molecule has 6 heteroatoms. The molecule has 4 nitrogen and oxygen atoms in total. The summed E-state index contributed by atoms with van der Waals surface area (Å²) in [7, 11) is 1.46. The van der Waals surface area contributed by atoms with E-state index in [0.29, 0.717) is 11.4 Å². The predicted octanol–water partition coefficient (Wildman–Crippen LogP) is 4.52. The van der Waals surface area contributed by atoms with Gasteiger partial charge in [-0.25, -0.2) is 8.78 Å². The third kappa shape index (κ3) is 4.11. The Morgan fingerprint density at radius 3 is 2.59 bits per heavy atom. The normalized spacial score (nSPS) is 10.5. The topological polar surface area (TPSA) is 42.4 Å². The Bertz CT molecular complexity index is 962. The van der Waals surface area contributed by atoms with Gasteiger partial charge in [-0.2, -0.15) is 0 Å². The molecule has 1 amide bonds. The molecule has 0 bridgehead atoms. The van der Waals surface area contributed by atoms with Gasteiger partial charge in [-0.3, -0.25) is 14.7 Å². The Morgan fingerprint density at radius 2 is 1.93 bits per heavy atom. The van der Waals surface area contributed by atoms with Crippen LogP contribution < -0.4 is 9.64 Å². The molecule has 2 aromatic carbocycles. The minimum absolute atomic E-state index is 0.0271. The molecule has 0 fully saturated rings. The molecule has 0 spiro atoms. The van der Waals surface area contributed by atoms with Crippen LogP contribution in [-0.4, -0.2) is 18.0 Å². The average molecular weight is 368 g/mol. The molecular formula is C21H18F2N2O2. The van der Waals surface area contributed by atoms with Gasteiger partial charge in [0.25, 0.3) is 5.91 Å². The summed E-state index contributed by atoms with van der Waals surface area (Å²) in [6.07, 6.45) is 1.59. The van der Waals surface area contributed by atoms with E-state index < -0.39 is 17.5 Å². The van der Waals surface area contributed by atoms with Crippen LogP contribution in [0.3, 0.4) is 0 Å². The Morgan fingerprint density at radius 1 is 1.11 bits per heavy atom.